The molecule has 1 aliphatic carbocycles. The Kier molecular flexibility index (Phi) is 6.23. The van der Waals surface area contributed by atoms with Crippen molar-refractivity contribution in [1.82, 2.24) is 10.6 Å². The molecule has 1 saturated carbocycles. The van der Waals surface area contributed by atoms with Crippen LogP contribution < -0.4 is 15.5 Å². The molecule has 3 N–H and O–H groups in total. The average molecular weight is 228 g/mol. The number of carbonyl (C=O) groups excluding carboxylic acids is 1. The molecule has 1 aliphatic rings. The van der Waals surface area contributed by atoms with Crippen molar-refractivity contribution in [2.45, 2.75) is 44.6 Å². The lowest BCUT2D eigenvalue weighted by Gasteiger charge is -2.22. The Hall–Kier alpha value is -0.770. The summed E-state index contributed by atoms with van der Waals surface area (Å²) >= 11 is 0. The second kappa shape index (κ2) is 7.49. The van der Waals surface area contributed by atoms with Gasteiger partial charge in [0.2, 0.25) is 0 Å². The number of amides is 2. The van der Waals surface area contributed by atoms with E-state index in [1.807, 2.05) is 0 Å². The zero-order valence-corrected chi connectivity index (χ0v) is 10.6. The zero-order chi connectivity index (χ0) is 11.8. The number of urea groups is 1. The fourth-order valence-corrected chi connectivity index (χ4v) is 2.13. The first-order valence-electron chi connectivity index (χ1n) is 6.52. The quantitative estimate of drug-likeness (QED) is 0.577. The van der Waals surface area contributed by atoms with E-state index < -0.39 is 0 Å². The van der Waals surface area contributed by atoms with E-state index in [-0.39, 0.29) is 6.03 Å². The molecule has 1 fully saturated rings. The molecule has 0 aromatic carbocycles. The predicted molar refractivity (Wildman–Crippen MR) is 65.7 cm³/mol. The minimum absolute atomic E-state index is 0.0145. The van der Waals surface area contributed by atoms with Crippen LogP contribution in [0, 0.1) is 0 Å². The Morgan fingerprint density at radius 2 is 1.94 bits per heavy atom. The van der Waals surface area contributed by atoms with Gasteiger partial charge in [0.1, 0.15) is 0 Å². The van der Waals surface area contributed by atoms with Gasteiger partial charge in [-0.05, 0) is 12.8 Å². The van der Waals surface area contributed by atoms with Gasteiger partial charge in [-0.1, -0.05) is 19.3 Å². The molecule has 0 aliphatic heterocycles. The second-order valence-electron chi connectivity index (χ2n) is 5.05. The summed E-state index contributed by atoms with van der Waals surface area (Å²) in [6.07, 6.45) is 7.18. The van der Waals surface area contributed by atoms with Gasteiger partial charge < -0.3 is 15.5 Å². The lowest BCUT2D eigenvalue weighted by Crippen LogP contribution is -3.05. The van der Waals surface area contributed by atoms with E-state index in [0.717, 1.165) is 32.4 Å². The van der Waals surface area contributed by atoms with Crippen LogP contribution in [-0.4, -0.2) is 39.3 Å². The van der Waals surface area contributed by atoms with Crippen molar-refractivity contribution < 1.29 is 9.69 Å². The van der Waals surface area contributed by atoms with Crippen molar-refractivity contribution in [1.29, 1.82) is 0 Å². The number of hydrogen-bond donors (Lipinski definition) is 3. The molecule has 2 amide bonds. The van der Waals surface area contributed by atoms with E-state index in [1.54, 1.807) is 0 Å². The smallest absolute Gasteiger partial charge is 0.315 e. The maximum atomic E-state index is 11.5. The maximum absolute atomic E-state index is 11.5. The van der Waals surface area contributed by atoms with E-state index in [9.17, 15) is 4.79 Å². The van der Waals surface area contributed by atoms with Gasteiger partial charge in [0.05, 0.1) is 20.6 Å². The first-order chi connectivity index (χ1) is 7.68. The fourth-order valence-electron chi connectivity index (χ4n) is 2.13. The number of rotatable bonds is 5. The van der Waals surface area contributed by atoms with Crippen molar-refractivity contribution >= 4 is 6.03 Å². The van der Waals surface area contributed by atoms with Crippen molar-refractivity contribution in [3.05, 3.63) is 0 Å². The molecule has 4 nitrogen and oxygen atoms in total. The Balaban J connectivity index is 2.01. The van der Waals surface area contributed by atoms with E-state index in [2.05, 4.69) is 24.7 Å². The topological polar surface area (TPSA) is 45.6 Å². The highest BCUT2D eigenvalue weighted by atomic mass is 16.2. The highest BCUT2D eigenvalue weighted by molar-refractivity contribution is 5.74. The minimum Gasteiger partial charge on any atom is -0.340 e. The van der Waals surface area contributed by atoms with E-state index in [4.69, 9.17) is 0 Å². The van der Waals surface area contributed by atoms with Crippen LogP contribution in [0.15, 0.2) is 0 Å². The first kappa shape index (κ1) is 13.3. The SMILES string of the molecule is C[NH+](C)CCCNC(=O)NC1CCCCC1. The largest absolute Gasteiger partial charge is 0.340 e. The molecule has 16 heavy (non-hydrogen) atoms. The van der Waals surface area contributed by atoms with Gasteiger partial charge in [0, 0.05) is 19.0 Å². The summed E-state index contributed by atoms with van der Waals surface area (Å²) in [7, 11) is 4.25. The molecule has 0 unspecified atom stereocenters. The molecule has 0 heterocycles. The highest BCUT2D eigenvalue weighted by Crippen LogP contribution is 2.16. The van der Waals surface area contributed by atoms with Crippen LogP contribution in [0.4, 0.5) is 4.79 Å². The number of nitrogens with one attached hydrogen (secondary N) is 3. The molecule has 0 atom stereocenters. The lowest BCUT2D eigenvalue weighted by molar-refractivity contribution is -0.858. The van der Waals surface area contributed by atoms with Gasteiger partial charge in [-0.2, -0.15) is 0 Å². The Bertz CT molecular complexity index is 200. The molecule has 0 aromatic heterocycles. The van der Waals surface area contributed by atoms with Crippen LogP contribution >= 0.6 is 0 Å². The highest BCUT2D eigenvalue weighted by Gasteiger charge is 2.14. The maximum Gasteiger partial charge on any atom is 0.315 e. The molecule has 0 bridgehead atoms. The van der Waals surface area contributed by atoms with Gasteiger partial charge in [-0.15, -0.1) is 0 Å². The summed E-state index contributed by atoms with van der Waals surface area (Å²) in [5, 5.41) is 5.97. The second-order valence-corrected chi connectivity index (χ2v) is 5.05. The van der Waals surface area contributed by atoms with Crippen molar-refractivity contribution in [3.63, 3.8) is 0 Å². The summed E-state index contributed by atoms with van der Waals surface area (Å²) in [5.41, 5.74) is 0. The summed E-state index contributed by atoms with van der Waals surface area (Å²) in [6.45, 7) is 1.88. The molecule has 0 radical (unpaired) electrons. The number of quaternary nitrogens is 1. The minimum atomic E-state index is 0.0145. The standard InChI is InChI=1S/C12H25N3O/c1-15(2)10-6-9-13-12(16)14-11-7-4-3-5-8-11/h11H,3-10H2,1-2H3,(H2,13,14,16)/p+1. The summed E-state index contributed by atoms with van der Waals surface area (Å²) < 4.78 is 0. The molecular weight excluding hydrogens is 202 g/mol. The van der Waals surface area contributed by atoms with Crippen LogP contribution in [0.5, 0.6) is 0 Å². The van der Waals surface area contributed by atoms with E-state index in [1.165, 1.54) is 24.2 Å². The normalized spacial score (nSPS) is 17.4. The molecule has 94 valence electrons. The first-order valence-corrected chi connectivity index (χ1v) is 6.52. The Labute approximate surface area is 98.8 Å². The van der Waals surface area contributed by atoms with E-state index in [0.29, 0.717) is 6.04 Å². The van der Waals surface area contributed by atoms with Crippen molar-refractivity contribution in [2.75, 3.05) is 27.2 Å². The van der Waals surface area contributed by atoms with E-state index >= 15 is 0 Å². The van der Waals surface area contributed by atoms with Crippen LogP contribution in [0.25, 0.3) is 0 Å². The van der Waals surface area contributed by atoms with Gasteiger partial charge in [-0.3, -0.25) is 0 Å². The predicted octanol–water partition coefficient (Wildman–Crippen LogP) is 0.153. The molecule has 1 rings (SSSR count). The van der Waals surface area contributed by atoms with Crippen molar-refractivity contribution in [3.8, 4) is 0 Å². The summed E-state index contributed by atoms with van der Waals surface area (Å²) in [4.78, 5) is 13.0. The summed E-state index contributed by atoms with van der Waals surface area (Å²) in [6, 6.07) is 0.425. The fraction of sp³-hybridized carbons (Fsp3) is 0.917. The van der Waals surface area contributed by atoms with Crippen LogP contribution in [0.2, 0.25) is 0 Å². The molecule has 0 saturated heterocycles. The molecule has 4 heteroatoms. The summed E-state index contributed by atoms with van der Waals surface area (Å²) in [5.74, 6) is 0. The van der Waals surface area contributed by atoms with Crippen LogP contribution in [-0.2, 0) is 0 Å². The third-order valence-corrected chi connectivity index (χ3v) is 3.08. The Morgan fingerprint density at radius 3 is 2.56 bits per heavy atom. The van der Waals surface area contributed by atoms with Crippen LogP contribution in [0.3, 0.4) is 0 Å². The number of hydrogen-bond acceptors (Lipinski definition) is 1. The van der Waals surface area contributed by atoms with Gasteiger partial charge in [0.15, 0.2) is 0 Å². The van der Waals surface area contributed by atoms with Gasteiger partial charge >= 0.3 is 6.03 Å². The lowest BCUT2D eigenvalue weighted by atomic mass is 9.96. The zero-order valence-electron chi connectivity index (χ0n) is 10.6. The monoisotopic (exact) mass is 228 g/mol. The molecular formula is C12H26N3O+. The van der Waals surface area contributed by atoms with Crippen LogP contribution in [0.1, 0.15) is 38.5 Å². The third kappa shape index (κ3) is 5.95. The third-order valence-electron chi connectivity index (χ3n) is 3.08. The molecule has 0 aromatic rings. The van der Waals surface area contributed by atoms with Gasteiger partial charge in [-0.25, -0.2) is 4.79 Å². The Morgan fingerprint density at radius 1 is 1.25 bits per heavy atom. The molecule has 0 spiro atoms. The average Bonchev–Trinajstić information content (AvgIpc) is 2.25. The number of carbonyl (C=O) groups is 1. The van der Waals surface area contributed by atoms with Crippen molar-refractivity contribution in [2.24, 2.45) is 0 Å². The van der Waals surface area contributed by atoms with Gasteiger partial charge in [0.25, 0.3) is 0 Å².